The monoisotopic (exact) mass is 306 g/mol. The van der Waals surface area contributed by atoms with Gasteiger partial charge in [0.15, 0.2) is 5.78 Å². The molecule has 0 aromatic heterocycles. The molecule has 112 valence electrons. The number of sulfonamides is 1. The van der Waals surface area contributed by atoms with E-state index in [-0.39, 0.29) is 22.6 Å². The maximum atomic E-state index is 12.4. The van der Waals surface area contributed by atoms with Gasteiger partial charge in [0, 0.05) is 18.0 Å². The van der Waals surface area contributed by atoms with Crippen LogP contribution in [-0.2, 0) is 10.0 Å². The largest absolute Gasteiger partial charge is 0.294 e. The lowest BCUT2D eigenvalue weighted by Crippen LogP contribution is -2.36. The molecule has 0 saturated heterocycles. The third kappa shape index (κ3) is 3.49. The van der Waals surface area contributed by atoms with Crippen molar-refractivity contribution in [3.63, 3.8) is 0 Å². The molecule has 0 bridgehead atoms. The van der Waals surface area contributed by atoms with Crippen LogP contribution in [0.2, 0.25) is 0 Å². The minimum Gasteiger partial charge on any atom is -0.294 e. The van der Waals surface area contributed by atoms with Crippen molar-refractivity contribution in [2.24, 2.45) is 5.92 Å². The Morgan fingerprint density at radius 1 is 1.43 bits per heavy atom. The molecule has 1 N–H and O–H groups in total. The molecule has 0 heterocycles. The molecule has 1 aromatic carbocycles. The number of nitriles is 1. The highest BCUT2D eigenvalue weighted by atomic mass is 32.2. The summed E-state index contributed by atoms with van der Waals surface area (Å²) in [5.41, 5.74) is 0.392. The van der Waals surface area contributed by atoms with E-state index in [0.717, 1.165) is 12.8 Å². The van der Waals surface area contributed by atoms with Crippen LogP contribution in [0.3, 0.4) is 0 Å². The van der Waals surface area contributed by atoms with Crippen LogP contribution < -0.4 is 4.72 Å². The van der Waals surface area contributed by atoms with Crippen LogP contribution in [0.1, 0.15) is 43.0 Å². The van der Waals surface area contributed by atoms with Gasteiger partial charge in [-0.3, -0.25) is 4.79 Å². The molecule has 1 aliphatic rings. The summed E-state index contributed by atoms with van der Waals surface area (Å²) in [7, 11) is -3.70. The first-order chi connectivity index (χ1) is 9.97. The highest BCUT2D eigenvalue weighted by Gasteiger charge is 2.31. The number of hydrogen-bond acceptors (Lipinski definition) is 4. The molecule has 1 aliphatic carbocycles. The summed E-state index contributed by atoms with van der Waals surface area (Å²) < 4.78 is 27.4. The number of benzene rings is 1. The van der Waals surface area contributed by atoms with Crippen LogP contribution in [0, 0.1) is 17.2 Å². The zero-order valence-corrected chi connectivity index (χ0v) is 12.7. The molecule has 0 spiro atoms. The first-order valence-electron chi connectivity index (χ1n) is 7.03. The average molecular weight is 306 g/mol. The second kappa shape index (κ2) is 6.37. The molecule has 0 radical (unpaired) electrons. The number of nitrogens with zero attached hydrogens (tertiary/aromatic N) is 1. The molecule has 0 amide bonds. The molecule has 5 nitrogen and oxygen atoms in total. The number of nitrogens with one attached hydrogen (secondary N) is 1. The molecule has 2 unspecified atom stereocenters. The van der Waals surface area contributed by atoms with Gasteiger partial charge in [-0.05, 0) is 25.0 Å². The van der Waals surface area contributed by atoms with Crippen molar-refractivity contribution in [1.82, 2.24) is 4.72 Å². The zero-order valence-electron chi connectivity index (χ0n) is 11.9. The normalized spacial score (nSPS) is 21.9. The van der Waals surface area contributed by atoms with Crippen molar-refractivity contribution < 1.29 is 13.2 Å². The van der Waals surface area contributed by atoms with Crippen LogP contribution >= 0.6 is 0 Å². The molecule has 1 aromatic rings. The van der Waals surface area contributed by atoms with Crippen LogP contribution in [0.15, 0.2) is 29.2 Å². The maximum absolute atomic E-state index is 12.4. The Hall–Kier alpha value is -1.71. The van der Waals surface area contributed by atoms with Gasteiger partial charge < -0.3 is 0 Å². The fourth-order valence-electron chi connectivity index (χ4n) is 2.56. The topological polar surface area (TPSA) is 87.0 Å². The minimum absolute atomic E-state index is 0.0744. The number of rotatable bonds is 5. The standard InChI is InChI=1S/C15H18N2O3S/c1-2-15(18)11-5-3-7-13(9-11)21(19,20)17-14-8-4-6-12(14)10-16/h3,5,7,9,12,14,17H,2,4,6,8H2,1H3. The Morgan fingerprint density at radius 2 is 2.19 bits per heavy atom. The van der Waals surface area contributed by atoms with E-state index in [1.165, 1.54) is 12.1 Å². The van der Waals surface area contributed by atoms with Gasteiger partial charge in [-0.2, -0.15) is 5.26 Å². The molecular weight excluding hydrogens is 288 g/mol. The molecule has 0 aliphatic heterocycles. The number of hydrogen-bond donors (Lipinski definition) is 1. The van der Waals surface area contributed by atoms with E-state index in [4.69, 9.17) is 5.26 Å². The van der Waals surface area contributed by atoms with Gasteiger partial charge in [0.1, 0.15) is 0 Å². The van der Waals surface area contributed by atoms with Gasteiger partial charge >= 0.3 is 0 Å². The third-order valence-corrected chi connectivity index (χ3v) is 5.26. The summed E-state index contributed by atoms with van der Waals surface area (Å²) >= 11 is 0. The van der Waals surface area contributed by atoms with E-state index in [1.54, 1.807) is 19.1 Å². The summed E-state index contributed by atoms with van der Waals surface area (Å²) in [6, 6.07) is 7.83. The van der Waals surface area contributed by atoms with E-state index in [0.29, 0.717) is 18.4 Å². The van der Waals surface area contributed by atoms with Crippen molar-refractivity contribution in [2.75, 3.05) is 0 Å². The fourth-order valence-corrected chi connectivity index (χ4v) is 3.92. The van der Waals surface area contributed by atoms with E-state index < -0.39 is 10.0 Å². The molecule has 1 saturated carbocycles. The lowest BCUT2D eigenvalue weighted by molar-refractivity contribution is 0.0988. The van der Waals surface area contributed by atoms with Crippen LogP contribution in [0.5, 0.6) is 0 Å². The molecular formula is C15H18N2O3S. The Bertz CT molecular complexity index is 676. The van der Waals surface area contributed by atoms with Crippen molar-refractivity contribution in [3.05, 3.63) is 29.8 Å². The first-order valence-corrected chi connectivity index (χ1v) is 8.51. The third-order valence-electron chi connectivity index (χ3n) is 3.78. The van der Waals surface area contributed by atoms with E-state index in [2.05, 4.69) is 10.8 Å². The summed E-state index contributed by atoms with van der Waals surface area (Å²) in [5.74, 6) is -0.372. The maximum Gasteiger partial charge on any atom is 0.240 e. The predicted octanol–water partition coefficient (Wildman–Crippen LogP) is 2.25. The SMILES string of the molecule is CCC(=O)c1cccc(S(=O)(=O)NC2CCCC2C#N)c1. The predicted molar refractivity (Wildman–Crippen MR) is 78.1 cm³/mol. The molecule has 1 fully saturated rings. The summed E-state index contributed by atoms with van der Waals surface area (Å²) in [6.07, 6.45) is 2.57. The Kier molecular flexibility index (Phi) is 4.76. The van der Waals surface area contributed by atoms with E-state index in [1.807, 2.05) is 0 Å². The summed E-state index contributed by atoms with van der Waals surface area (Å²) in [5, 5.41) is 9.02. The lowest BCUT2D eigenvalue weighted by Gasteiger charge is -2.16. The lowest BCUT2D eigenvalue weighted by atomic mass is 10.1. The number of carbonyl (C=O) groups excluding carboxylic acids is 1. The summed E-state index contributed by atoms with van der Waals surface area (Å²) in [6.45, 7) is 1.73. The van der Waals surface area contributed by atoms with Crippen LogP contribution in [0.25, 0.3) is 0 Å². The molecule has 2 atom stereocenters. The number of ketones is 1. The minimum atomic E-state index is -3.70. The van der Waals surface area contributed by atoms with Gasteiger partial charge in [-0.25, -0.2) is 13.1 Å². The van der Waals surface area contributed by atoms with Crippen molar-refractivity contribution in [2.45, 2.75) is 43.5 Å². The Morgan fingerprint density at radius 3 is 2.86 bits per heavy atom. The quantitative estimate of drug-likeness (QED) is 0.845. The number of Topliss-reactive ketones (excluding diaryl/α,β-unsaturated/α-hetero) is 1. The van der Waals surface area contributed by atoms with Crippen molar-refractivity contribution in [3.8, 4) is 6.07 Å². The van der Waals surface area contributed by atoms with Gasteiger partial charge in [-0.1, -0.05) is 25.5 Å². The van der Waals surface area contributed by atoms with Crippen molar-refractivity contribution >= 4 is 15.8 Å². The van der Waals surface area contributed by atoms with Gasteiger partial charge in [0.05, 0.1) is 16.9 Å². The first kappa shape index (κ1) is 15.7. The molecule has 21 heavy (non-hydrogen) atoms. The highest BCUT2D eigenvalue weighted by molar-refractivity contribution is 7.89. The average Bonchev–Trinajstić information content (AvgIpc) is 2.93. The van der Waals surface area contributed by atoms with Crippen LogP contribution in [0.4, 0.5) is 0 Å². The Balaban J connectivity index is 2.24. The molecule has 2 rings (SSSR count). The fraction of sp³-hybridized carbons (Fsp3) is 0.467. The molecule has 6 heteroatoms. The van der Waals surface area contributed by atoms with Gasteiger partial charge in [-0.15, -0.1) is 0 Å². The van der Waals surface area contributed by atoms with Crippen molar-refractivity contribution in [1.29, 1.82) is 5.26 Å². The zero-order chi connectivity index (χ0) is 15.5. The summed E-state index contributed by atoms with van der Waals surface area (Å²) in [4.78, 5) is 11.8. The second-order valence-corrected chi connectivity index (χ2v) is 6.91. The second-order valence-electron chi connectivity index (χ2n) is 5.20. The smallest absolute Gasteiger partial charge is 0.240 e. The highest BCUT2D eigenvalue weighted by Crippen LogP contribution is 2.26. The van der Waals surface area contributed by atoms with E-state index in [9.17, 15) is 13.2 Å². The van der Waals surface area contributed by atoms with Crippen LogP contribution in [-0.4, -0.2) is 20.2 Å². The van der Waals surface area contributed by atoms with Gasteiger partial charge in [0.25, 0.3) is 0 Å². The van der Waals surface area contributed by atoms with Gasteiger partial charge in [0.2, 0.25) is 10.0 Å². The van der Waals surface area contributed by atoms with E-state index >= 15 is 0 Å². The number of carbonyl (C=O) groups is 1. The Labute approximate surface area is 125 Å².